The third kappa shape index (κ3) is 5.70. The highest BCUT2D eigenvalue weighted by molar-refractivity contribution is 7.99. The molecule has 0 aliphatic rings. The Morgan fingerprint density at radius 1 is 1.07 bits per heavy atom. The number of carbonyl (C=O) groups excluding carboxylic acids is 2. The largest absolute Gasteiger partial charge is 0.338 e. The first-order chi connectivity index (χ1) is 14.6. The van der Waals surface area contributed by atoms with Gasteiger partial charge in [0.15, 0.2) is 5.16 Å². The number of rotatable bonds is 8. The minimum atomic E-state index is -0.533. The van der Waals surface area contributed by atoms with Gasteiger partial charge in [0.05, 0.1) is 16.7 Å². The van der Waals surface area contributed by atoms with Gasteiger partial charge in [-0.15, -0.1) is 0 Å². The van der Waals surface area contributed by atoms with E-state index < -0.39 is 11.9 Å². The van der Waals surface area contributed by atoms with Crippen LogP contribution in [0.4, 0.5) is 4.79 Å². The number of urea groups is 1. The molecule has 0 aliphatic heterocycles. The second-order valence-corrected chi connectivity index (χ2v) is 7.60. The summed E-state index contributed by atoms with van der Waals surface area (Å²) in [5.41, 5.74) is 1.67. The van der Waals surface area contributed by atoms with Gasteiger partial charge in [-0.25, -0.2) is 9.78 Å². The maximum atomic E-state index is 13.0. The van der Waals surface area contributed by atoms with Crippen LogP contribution in [-0.2, 0) is 17.8 Å². The third-order valence-electron chi connectivity index (χ3n) is 4.44. The molecule has 0 aliphatic carbocycles. The normalized spacial score (nSPS) is 10.7. The molecular formula is C22H24N4O3S. The van der Waals surface area contributed by atoms with Crippen LogP contribution in [0, 0.1) is 0 Å². The molecule has 0 fully saturated rings. The van der Waals surface area contributed by atoms with Crippen molar-refractivity contribution in [3.8, 4) is 0 Å². The average molecular weight is 425 g/mol. The molecule has 30 heavy (non-hydrogen) atoms. The minimum Gasteiger partial charge on any atom is -0.338 e. The Hall–Kier alpha value is -3.13. The Morgan fingerprint density at radius 2 is 1.80 bits per heavy atom. The molecule has 0 spiro atoms. The molecule has 8 heteroatoms. The first-order valence-electron chi connectivity index (χ1n) is 9.82. The van der Waals surface area contributed by atoms with Gasteiger partial charge >= 0.3 is 6.03 Å². The highest BCUT2D eigenvalue weighted by atomic mass is 32.2. The van der Waals surface area contributed by atoms with Crippen LogP contribution in [-0.4, -0.2) is 33.8 Å². The van der Waals surface area contributed by atoms with Crippen molar-refractivity contribution in [3.05, 3.63) is 70.5 Å². The molecule has 0 bridgehead atoms. The van der Waals surface area contributed by atoms with E-state index in [0.717, 1.165) is 24.6 Å². The van der Waals surface area contributed by atoms with Crippen molar-refractivity contribution in [2.75, 3.05) is 12.3 Å². The highest BCUT2D eigenvalue weighted by Crippen LogP contribution is 2.18. The lowest BCUT2D eigenvalue weighted by molar-refractivity contribution is -0.117. The lowest BCUT2D eigenvalue weighted by Crippen LogP contribution is -2.40. The van der Waals surface area contributed by atoms with Crippen LogP contribution in [0.1, 0.15) is 18.9 Å². The molecule has 3 aromatic rings. The summed E-state index contributed by atoms with van der Waals surface area (Å²) in [6.07, 6.45) is 1.60. The Bertz CT molecular complexity index is 1080. The summed E-state index contributed by atoms with van der Waals surface area (Å²) in [5.74, 6) is -0.454. The van der Waals surface area contributed by atoms with Crippen LogP contribution in [0.15, 0.2) is 64.5 Å². The smallest absolute Gasteiger partial charge is 0.321 e. The molecule has 3 amide bonds. The Balaban J connectivity index is 1.77. The molecule has 2 N–H and O–H groups in total. The van der Waals surface area contributed by atoms with E-state index >= 15 is 0 Å². The van der Waals surface area contributed by atoms with Gasteiger partial charge in [0.25, 0.3) is 5.56 Å². The predicted molar refractivity (Wildman–Crippen MR) is 119 cm³/mol. The van der Waals surface area contributed by atoms with Gasteiger partial charge in [-0.3, -0.25) is 19.5 Å². The van der Waals surface area contributed by atoms with Crippen molar-refractivity contribution < 1.29 is 9.59 Å². The number of carbonyl (C=O) groups is 2. The number of aromatic nitrogens is 2. The molecule has 2 aromatic carbocycles. The number of imide groups is 1. The molecule has 0 unspecified atom stereocenters. The highest BCUT2D eigenvalue weighted by Gasteiger charge is 2.14. The van der Waals surface area contributed by atoms with Crippen molar-refractivity contribution >= 4 is 34.6 Å². The summed E-state index contributed by atoms with van der Waals surface area (Å²) >= 11 is 1.15. The number of nitrogens with zero attached hydrogens (tertiary/aromatic N) is 2. The zero-order valence-electron chi connectivity index (χ0n) is 16.8. The Kier molecular flexibility index (Phi) is 7.62. The van der Waals surface area contributed by atoms with Crippen LogP contribution < -0.4 is 16.2 Å². The van der Waals surface area contributed by atoms with Gasteiger partial charge in [0, 0.05) is 13.1 Å². The van der Waals surface area contributed by atoms with E-state index in [4.69, 9.17) is 0 Å². The summed E-state index contributed by atoms with van der Waals surface area (Å²) in [5, 5.41) is 5.79. The van der Waals surface area contributed by atoms with Crippen molar-refractivity contribution in [1.29, 1.82) is 0 Å². The molecule has 156 valence electrons. The lowest BCUT2D eigenvalue weighted by atomic mass is 10.1. The van der Waals surface area contributed by atoms with E-state index in [2.05, 4.69) is 27.8 Å². The zero-order valence-corrected chi connectivity index (χ0v) is 17.6. The van der Waals surface area contributed by atoms with E-state index in [9.17, 15) is 14.4 Å². The fourth-order valence-electron chi connectivity index (χ4n) is 3.04. The van der Waals surface area contributed by atoms with Crippen molar-refractivity contribution in [3.63, 3.8) is 0 Å². The number of amides is 3. The number of fused-ring (bicyclic) bond motifs is 1. The number of benzene rings is 2. The maximum Gasteiger partial charge on any atom is 0.321 e. The number of aryl methyl sites for hydroxylation is 1. The van der Waals surface area contributed by atoms with E-state index in [1.54, 1.807) is 23.6 Å². The molecular weight excluding hydrogens is 400 g/mol. The van der Waals surface area contributed by atoms with Gasteiger partial charge in [0.1, 0.15) is 0 Å². The maximum absolute atomic E-state index is 13.0. The van der Waals surface area contributed by atoms with E-state index in [1.165, 1.54) is 5.56 Å². The number of para-hydroxylation sites is 1. The first-order valence-corrected chi connectivity index (χ1v) is 10.8. The van der Waals surface area contributed by atoms with Gasteiger partial charge in [-0.1, -0.05) is 54.2 Å². The van der Waals surface area contributed by atoms with Gasteiger partial charge in [0.2, 0.25) is 5.91 Å². The SMILES string of the molecule is CCNC(=O)NC(=O)CSc1nc2ccccc2c(=O)n1CCCc1ccccc1. The third-order valence-corrected chi connectivity index (χ3v) is 5.42. The molecule has 0 atom stereocenters. The molecule has 0 saturated carbocycles. The number of nitrogens with one attached hydrogen (secondary N) is 2. The van der Waals surface area contributed by atoms with Crippen molar-refractivity contribution in [2.24, 2.45) is 0 Å². The van der Waals surface area contributed by atoms with Gasteiger partial charge in [-0.2, -0.15) is 0 Å². The second-order valence-electron chi connectivity index (χ2n) is 6.65. The van der Waals surface area contributed by atoms with Crippen LogP contribution >= 0.6 is 11.8 Å². The van der Waals surface area contributed by atoms with Crippen LogP contribution in [0.2, 0.25) is 0 Å². The second kappa shape index (κ2) is 10.6. The van der Waals surface area contributed by atoms with E-state index in [-0.39, 0.29) is 11.3 Å². The predicted octanol–water partition coefficient (Wildman–Crippen LogP) is 2.97. The van der Waals surface area contributed by atoms with Crippen LogP contribution in [0.25, 0.3) is 10.9 Å². The number of hydrogen-bond donors (Lipinski definition) is 2. The summed E-state index contributed by atoms with van der Waals surface area (Å²) in [6, 6.07) is 16.7. The minimum absolute atomic E-state index is 0.0133. The summed E-state index contributed by atoms with van der Waals surface area (Å²) in [7, 11) is 0. The topological polar surface area (TPSA) is 93.1 Å². The quantitative estimate of drug-likeness (QED) is 0.428. The fraction of sp³-hybridized carbons (Fsp3) is 0.273. The zero-order chi connectivity index (χ0) is 21.3. The molecule has 7 nitrogen and oxygen atoms in total. The number of thioether (sulfide) groups is 1. The first kappa shape index (κ1) is 21.6. The Morgan fingerprint density at radius 3 is 2.57 bits per heavy atom. The van der Waals surface area contributed by atoms with Crippen LogP contribution in [0.3, 0.4) is 0 Å². The summed E-state index contributed by atoms with van der Waals surface area (Å²) < 4.78 is 1.62. The molecule has 1 heterocycles. The summed E-state index contributed by atoms with van der Waals surface area (Å²) in [6.45, 7) is 2.69. The average Bonchev–Trinajstić information content (AvgIpc) is 2.75. The van der Waals surface area contributed by atoms with Crippen molar-refractivity contribution in [2.45, 2.75) is 31.5 Å². The van der Waals surface area contributed by atoms with Gasteiger partial charge < -0.3 is 5.32 Å². The standard InChI is InChI=1S/C22H24N4O3S/c1-2-23-21(29)25-19(27)15-30-22-24-18-13-7-6-12-17(18)20(28)26(22)14-8-11-16-9-4-3-5-10-16/h3-7,9-10,12-13H,2,8,11,14-15H2,1H3,(H2,23,25,27,29). The molecule has 3 rings (SSSR count). The van der Waals surface area contributed by atoms with Crippen molar-refractivity contribution in [1.82, 2.24) is 20.2 Å². The van der Waals surface area contributed by atoms with E-state index in [1.807, 2.05) is 30.3 Å². The fourth-order valence-corrected chi connectivity index (χ4v) is 3.86. The monoisotopic (exact) mass is 424 g/mol. The lowest BCUT2D eigenvalue weighted by Gasteiger charge is -2.13. The van der Waals surface area contributed by atoms with E-state index in [0.29, 0.717) is 29.1 Å². The Labute approximate surface area is 178 Å². The molecule has 1 aromatic heterocycles. The summed E-state index contributed by atoms with van der Waals surface area (Å²) in [4.78, 5) is 41.2. The molecule has 0 radical (unpaired) electrons. The van der Waals surface area contributed by atoms with Crippen LogP contribution in [0.5, 0.6) is 0 Å². The molecule has 0 saturated heterocycles. The van der Waals surface area contributed by atoms with Gasteiger partial charge in [-0.05, 0) is 37.5 Å². The number of hydrogen-bond acceptors (Lipinski definition) is 5.